The molecule has 3 rings (SSSR count). The van der Waals surface area contributed by atoms with Crippen LogP contribution in [0, 0.1) is 19.8 Å². The van der Waals surface area contributed by atoms with Gasteiger partial charge in [0.1, 0.15) is 5.54 Å². The Morgan fingerprint density at radius 1 is 1.18 bits per heavy atom. The lowest BCUT2D eigenvalue weighted by Crippen LogP contribution is -2.54. The van der Waals surface area contributed by atoms with Crippen molar-refractivity contribution in [2.75, 3.05) is 13.2 Å². The average molecular weight is 389 g/mol. The molecule has 2 aliphatic rings. The van der Waals surface area contributed by atoms with E-state index in [1.165, 1.54) is 0 Å². The van der Waals surface area contributed by atoms with Crippen LogP contribution in [0.25, 0.3) is 0 Å². The number of rotatable bonds is 5. The Kier molecular flexibility index (Phi) is 5.32. The zero-order valence-electron chi connectivity index (χ0n) is 16.8. The van der Waals surface area contributed by atoms with E-state index in [4.69, 9.17) is 4.74 Å². The third-order valence-corrected chi connectivity index (χ3v) is 5.94. The molecule has 1 aromatic heterocycles. The number of H-pyrrole nitrogens is 1. The van der Waals surface area contributed by atoms with Gasteiger partial charge in [0, 0.05) is 11.4 Å². The van der Waals surface area contributed by atoms with Crippen molar-refractivity contribution in [2.24, 2.45) is 5.92 Å². The van der Waals surface area contributed by atoms with Gasteiger partial charge in [0.2, 0.25) is 0 Å². The van der Waals surface area contributed by atoms with Crippen LogP contribution in [0.3, 0.4) is 0 Å². The van der Waals surface area contributed by atoms with E-state index in [0.717, 1.165) is 24.2 Å². The van der Waals surface area contributed by atoms with Gasteiger partial charge in [0.05, 0.1) is 24.3 Å². The molecule has 8 heteroatoms. The molecule has 0 radical (unpaired) electrons. The van der Waals surface area contributed by atoms with Gasteiger partial charge in [-0.15, -0.1) is 0 Å². The molecule has 3 amide bonds. The molecule has 1 spiro atoms. The average Bonchev–Trinajstić information content (AvgIpc) is 3.06. The maximum Gasteiger partial charge on any atom is 0.340 e. The number of urea groups is 1. The van der Waals surface area contributed by atoms with Crippen LogP contribution in [0.2, 0.25) is 0 Å². The van der Waals surface area contributed by atoms with Crippen molar-refractivity contribution >= 4 is 23.7 Å². The van der Waals surface area contributed by atoms with Gasteiger partial charge in [0.25, 0.3) is 5.91 Å². The summed E-state index contributed by atoms with van der Waals surface area (Å²) in [6.45, 7) is 6.79. The van der Waals surface area contributed by atoms with E-state index >= 15 is 0 Å². The zero-order chi connectivity index (χ0) is 20.6. The number of imide groups is 1. The molecule has 2 unspecified atom stereocenters. The van der Waals surface area contributed by atoms with Crippen LogP contribution in [-0.2, 0) is 9.53 Å². The smallest absolute Gasteiger partial charge is 0.340 e. The highest BCUT2D eigenvalue weighted by molar-refractivity contribution is 6.14. The molecule has 1 saturated carbocycles. The zero-order valence-corrected chi connectivity index (χ0v) is 16.8. The fourth-order valence-electron chi connectivity index (χ4n) is 4.45. The molecule has 2 fully saturated rings. The molecule has 2 N–H and O–H groups in total. The van der Waals surface area contributed by atoms with E-state index in [-0.39, 0.29) is 29.6 Å². The quantitative estimate of drug-likeness (QED) is 0.457. The number of carbonyl (C=O) groups is 4. The highest BCUT2D eigenvalue weighted by Crippen LogP contribution is 2.38. The number of amides is 3. The summed E-state index contributed by atoms with van der Waals surface area (Å²) in [4.78, 5) is 54.9. The number of ketones is 1. The number of hydrogen-bond donors (Lipinski definition) is 2. The molecule has 1 aliphatic carbocycles. The molecule has 0 aromatic carbocycles. The lowest BCUT2D eigenvalue weighted by Gasteiger charge is -2.36. The van der Waals surface area contributed by atoms with Crippen molar-refractivity contribution in [2.45, 2.75) is 58.9 Å². The van der Waals surface area contributed by atoms with Crippen molar-refractivity contribution in [3.8, 4) is 0 Å². The lowest BCUT2D eigenvalue weighted by molar-refractivity contribution is -0.133. The second-order valence-corrected chi connectivity index (χ2v) is 7.71. The minimum atomic E-state index is -0.914. The first-order valence-corrected chi connectivity index (χ1v) is 9.76. The van der Waals surface area contributed by atoms with E-state index in [1.54, 1.807) is 20.8 Å². The third kappa shape index (κ3) is 3.10. The van der Waals surface area contributed by atoms with Crippen LogP contribution in [0.5, 0.6) is 0 Å². The van der Waals surface area contributed by atoms with Gasteiger partial charge in [-0.1, -0.05) is 19.8 Å². The summed E-state index contributed by atoms with van der Waals surface area (Å²) in [6, 6.07) is -0.547. The summed E-state index contributed by atoms with van der Waals surface area (Å²) < 4.78 is 5.06. The van der Waals surface area contributed by atoms with Gasteiger partial charge < -0.3 is 15.0 Å². The summed E-state index contributed by atoms with van der Waals surface area (Å²) in [7, 11) is 0. The molecule has 1 aliphatic heterocycles. The highest BCUT2D eigenvalue weighted by atomic mass is 16.5. The van der Waals surface area contributed by atoms with Gasteiger partial charge in [-0.2, -0.15) is 0 Å². The first kappa shape index (κ1) is 20.1. The number of carbonyl (C=O) groups excluding carboxylic acids is 4. The highest BCUT2D eigenvalue weighted by Gasteiger charge is 2.55. The fraction of sp³-hybridized carbons (Fsp3) is 0.600. The largest absolute Gasteiger partial charge is 0.462 e. The molecule has 2 atom stereocenters. The Bertz CT molecular complexity index is 843. The number of nitrogens with one attached hydrogen (secondary N) is 2. The van der Waals surface area contributed by atoms with Crippen molar-refractivity contribution < 1.29 is 23.9 Å². The monoisotopic (exact) mass is 389 g/mol. The van der Waals surface area contributed by atoms with E-state index in [0.29, 0.717) is 17.8 Å². The van der Waals surface area contributed by atoms with Crippen LogP contribution in [-0.4, -0.2) is 52.3 Å². The minimum absolute atomic E-state index is 0.0177. The Morgan fingerprint density at radius 2 is 1.86 bits per heavy atom. The second kappa shape index (κ2) is 7.41. The van der Waals surface area contributed by atoms with E-state index < -0.39 is 29.9 Å². The summed E-state index contributed by atoms with van der Waals surface area (Å²) >= 11 is 0. The summed E-state index contributed by atoms with van der Waals surface area (Å²) in [5.41, 5.74) is 0.460. The number of hydrogen-bond acceptors (Lipinski definition) is 5. The SMILES string of the molecule is CCOC(=O)c1c(C)[nH]c(C)c1C(=O)CN1C(=O)NC2(CCCCC2C)C1=O. The van der Waals surface area contributed by atoms with Gasteiger partial charge >= 0.3 is 12.0 Å². The number of esters is 1. The number of nitrogens with zero attached hydrogens (tertiary/aromatic N) is 1. The van der Waals surface area contributed by atoms with Crippen molar-refractivity contribution in [1.82, 2.24) is 15.2 Å². The predicted molar refractivity (Wildman–Crippen MR) is 101 cm³/mol. The molecule has 28 heavy (non-hydrogen) atoms. The molecule has 152 valence electrons. The Morgan fingerprint density at radius 3 is 2.50 bits per heavy atom. The summed E-state index contributed by atoms with van der Waals surface area (Å²) in [6.07, 6.45) is 3.33. The standard InChI is InChI=1S/C20H27N3O5/c1-5-28-17(25)16-13(4)21-12(3)15(16)14(24)10-23-18(26)20(22-19(23)27)9-7-6-8-11(20)2/h11,21H,5-10H2,1-4H3,(H,22,27). The van der Waals surface area contributed by atoms with Gasteiger partial charge in [0.15, 0.2) is 5.78 Å². The van der Waals surface area contributed by atoms with E-state index in [9.17, 15) is 19.2 Å². The maximum absolute atomic E-state index is 13.1. The van der Waals surface area contributed by atoms with E-state index in [1.807, 2.05) is 6.92 Å². The van der Waals surface area contributed by atoms with Crippen molar-refractivity contribution in [3.05, 3.63) is 22.5 Å². The minimum Gasteiger partial charge on any atom is -0.462 e. The number of aromatic nitrogens is 1. The molecular weight excluding hydrogens is 362 g/mol. The molecule has 0 bridgehead atoms. The van der Waals surface area contributed by atoms with Crippen LogP contribution in [0.15, 0.2) is 0 Å². The molecule has 2 heterocycles. The number of Topliss-reactive ketones (excluding diaryl/α,β-unsaturated/α-hetero) is 1. The normalized spacial score (nSPS) is 24.6. The Labute approximate surface area is 164 Å². The van der Waals surface area contributed by atoms with Crippen LogP contribution in [0.4, 0.5) is 4.79 Å². The van der Waals surface area contributed by atoms with Crippen LogP contribution >= 0.6 is 0 Å². The number of aromatic amines is 1. The topological polar surface area (TPSA) is 109 Å². The Hall–Kier alpha value is -2.64. The number of aryl methyl sites for hydroxylation is 2. The van der Waals surface area contributed by atoms with Crippen molar-refractivity contribution in [3.63, 3.8) is 0 Å². The molecular formula is C20H27N3O5. The molecule has 8 nitrogen and oxygen atoms in total. The molecule has 1 saturated heterocycles. The van der Waals surface area contributed by atoms with Crippen molar-refractivity contribution in [1.29, 1.82) is 0 Å². The van der Waals surface area contributed by atoms with Crippen LogP contribution < -0.4 is 5.32 Å². The summed E-state index contributed by atoms with van der Waals surface area (Å²) in [5, 5.41) is 2.84. The third-order valence-electron chi connectivity index (χ3n) is 5.94. The van der Waals surface area contributed by atoms with Gasteiger partial charge in [-0.05, 0) is 39.5 Å². The first-order chi connectivity index (χ1) is 13.2. The summed E-state index contributed by atoms with van der Waals surface area (Å²) in [5.74, 6) is -1.39. The van der Waals surface area contributed by atoms with Gasteiger partial charge in [-0.25, -0.2) is 9.59 Å². The van der Waals surface area contributed by atoms with Crippen LogP contribution in [0.1, 0.15) is 71.6 Å². The number of ether oxygens (including phenoxy) is 1. The second-order valence-electron chi connectivity index (χ2n) is 7.71. The maximum atomic E-state index is 13.1. The van der Waals surface area contributed by atoms with Gasteiger partial charge in [-0.3, -0.25) is 14.5 Å². The first-order valence-electron chi connectivity index (χ1n) is 9.76. The van der Waals surface area contributed by atoms with E-state index in [2.05, 4.69) is 10.3 Å². The Balaban J connectivity index is 1.87. The lowest BCUT2D eigenvalue weighted by atomic mass is 9.73. The fourth-order valence-corrected chi connectivity index (χ4v) is 4.45. The molecule has 1 aromatic rings. The predicted octanol–water partition coefficient (Wildman–Crippen LogP) is 2.49.